The molecule has 3 aromatic rings. The Morgan fingerprint density at radius 2 is 1.81 bits per heavy atom. The maximum atomic E-state index is 13.3. The SMILES string of the molecule is COc1cc2c(cc1OC)C(=O)N(CC1CCCN(CC(O)CCc3cccc4ccccc34)C1)CC2. The number of piperidine rings is 1. The third-order valence-electron chi connectivity index (χ3n) is 7.96. The fourth-order valence-corrected chi connectivity index (χ4v) is 6.03. The molecule has 2 heterocycles. The predicted molar refractivity (Wildman–Crippen MR) is 147 cm³/mol. The molecule has 2 aliphatic rings. The molecule has 0 spiro atoms. The number of aliphatic hydroxyl groups is 1. The number of amides is 1. The monoisotopic (exact) mass is 502 g/mol. The zero-order valence-electron chi connectivity index (χ0n) is 22.0. The molecule has 1 amide bonds. The van der Waals surface area contributed by atoms with Crippen LogP contribution in [0.4, 0.5) is 0 Å². The minimum atomic E-state index is -0.358. The Morgan fingerprint density at radius 3 is 2.65 bits per heavy atom. The molecule has 2 unspecified atom stereocenters. The molecule has 0 saturated carbocycles. The molecule has 0 aliphatic carbocycles. The van der Waals surface area contributed by atoms with Gasteiger partial charge in [0.2, 0.25) is 0 Å². The van der Waals surface area contributed by atoms with E-state index in [1.165, 1.54) is 16.3 Å². The second-order valence-electron chi connectivity index (χ2n) is 10.5. The number of rotatable bonds is 9. The minimum absolute atomic E-state index is 0.0782. The molecule has 37 heavy (non-hydrogen) atoms. The number of methoxy groups -OCH3 is 2. The first-order valence-corrected chi connectivity index (χ1v) is 13.5. The Balaban J connectivity index is 1.15. The zero-order chi connectivity index (χ0) is 25.8. The number of β-amino-alcohol motifs (C(OH)–C–C–N with tert-alkyl or cyclic N) is 1. The average Bonchev–Trinajstić information content (AvgIpc) is 2.93. The van der Waals surface area contributed by atoms with Crippen LogP contribution in [0.1, 0.15) is 40.7 Å². The van der Waals surface area contributed by atoms with Gasteiger partial charge in [0.25, 0.3) is 5.91 Å². The lowest BCUT2D eigenvalue weighted by Crippen LogP contribution is -2.46. The summed E-state index contributed by atoms with van der Waals surface area (Å²) < 4.78 is 10.8. The van der Waals surface area contributed by atoms with Crippen LogP contribution in [0.5, 0.6) is 11.5 Å². The van der Waals surface area contributed by atoms with Gasteiger partial charge in [-0.1, -0.05) is 42.5 Å². The van der Waals surface area contributed by atoms with E-state index in [1.807, 2.05) is 17.0 Å². The fraction of sp³-hybridized carbons (Fsp3) is 0.452. The molecule has 6 nitrogen and oxygen atoms in total. The molecule has 0 aromatic heterocycles. The second kappa shape index (κ2) is 11.5. The molecule has 0 bridgehead atoms. The highest BCUT2D eigenvalue weighted by Crippen LogP contribution is 2.34. The Hall–Kier alpha value is -3.09. The van der Waals surface area contributed by atoms with Crippen LogP contribution in [0.15, 0.2) is 54.6 Å². The summed E-state index contributed by atoms with van der Waals surface area (Å²) >= 11 is 0. The smallest absolute Gasteiger partial charge is 0.254 e. The highest BCUT2D eigenvalue weighted by atomic mass is 16.5. The molecule has 1 fully saturated rings. The first-order chi connectivity index (χ1) is 18.1. The molecule has 6 heteroatoms. The normalized spacial score (nSPS) is 19.1. The third kappa shape index (κ3) is 5.76. The third-order valence-corrected chi connectivity index (χ3v) is 7.96. The van der Waals surface area contributed by atoms with Crippen LogP contribution in [0.25, 0.3) is 10.8 Å². The van der Waals surface area contributed by atoms with Crippen LogP contribution >= 0.6 is 0 Å². The maximum absolute atomic E-state index is 13.3. The molecule has 1 N–H and O–H groups in total. The van der Waals surface area contributed by atoms with E-state index >= 15 is 0 Å². The summed E-state index contributed by atoms with van der Waals surface area (Å²) in [5, 5.41) is 13.4. The van der Waals surface area contributed by atoms with Crippen molar-refractivity contribution >= 4 is 16.7 Å². The van der Waals surface area contributed by atoms with E-state index in [-0.39, 0.29) is 12.0 Å². The molecule has 5 rings (SSSR count). The summed E-state index contributed by atoms with van der Waals surface area (Å²) in [7, 11) is 3.22. The van der Waals surface area contributed by atoms with E-state index in [0.717, 1.165) is 69.4 Å². The second-order valence-corrected chi connectivity index (χ2v) is 10.5. The standard InChI is InChI=1S/C31H38N2O4/c1-36-29-17-25-14-16-33(31(35)28(25)18-30(29)37-2)20-22-7-6-15-32(19-22)21-26(34)13-12-24-10-5-9-23-8-3-4-11-27(23)24/h3-5,8-11,17-18,22,26,34H,6-7,12-16,19-21H2,1-2H3. The lowest BCUT2D eigenvalue weighted by atomic mass is 9.93. The van der Waals surface area contributed by atoms with E-state index in [2.05, 4.69) is 47.4 Å². The van der Waals surface area contributed by atoms with Crippen molar-refractivity contribution in [3.63, 3.8) is 0 Å². The van der Waals surface area contributed by atoms with Crippen LogP contribution in [0.3, 0.4) is 0 Å². The summed E-state index contributed by atoms with van der Waals surface area (Å²) in [6, 6.07) is 18.6. The van der Waals surface area contributed by atoms with E-state index in [1.54, 1.807) is 14.2 Å². The van der Waals surface area contributed by atoms with E-state index in [0.29, 0.717) is 24.0 Å². The van der Waals surface area contributed by atoms with Gasteiger partial charge in [-0.3, -0.25) is 4.79 Å². The first-order valence-electron chi connectivity index (χ1n) is 13.5. The van der Waals surface area contributed by atoms with E-state index < -0.39 is 0 Å². The number of benzene rings is 3. The van der Waals surface area contributed by atoms with Gasteiger partial charge >= 0.3 is 0 Å². The Kier molecular flexibility index (Phi) is 7.96. The van der Waals surface area contributed by atoms with Gasteiger partial charge in [-0.15, -0.1) is 0 Å². The number of nitrogens with zero attached hydrogens (tertiary/aromatic N) is 2. The van der Waals surface area contributed by atoms with Gasteiger partial charge in [-0.05, 0) is 78.6 Å². The molecule has 196 valence electrons. The summed E-state index contributed by atoms with van der Waals surface area (Å²) in [4.78, 5) is 17.7. The molecule has 2 aliphatic heterocycles. The molecule has 2 atom stereocenters. The Labute approximate surface area is 219 Å². The number of likely N-dealkylation sites (tertiary alicyclic amines) is 1. The number of carbonyl (C=O) groups excluding carboxylic acids is 1. The van der Waals surface area contributed by atoms with Crippen LogP contribution in [0.2, 0.25) is 0 Å². The number of carbonyl (C=O) groups is 1. The largest absolute Gasteiger partial charge is 0.493 e. The van der Waals surface area contributed by atoms with Gasteiger partial charge in [0.05, 0.1) is 20.3 Å². The van der Waals surface area contributed by atoms with Gasteiger partial charge in [0.1, 0.15) is 0 Å². The van der Waals surface area contributed by atoms with Crippen molar-refractivity contribution in [2.45, 2.75) is 38.2 Å². The van der Waals surface area contributed by atoms with Crippen molar-refractivity contribution in [2.24, 2.45) is 5.92 Å². The quantitative estimate of drug-likeness (QED) is 0.465. The van der Waals surface area contributed by atoms with Gasteiger partial charge < -0.3 is 24.4 Å². The predicted octanol–water partition coefficient (Wildman–Crippen LogP) is 4.56. The lowest BCUT2D eigenvalue weighted by molar-refractivity contribution is 0.0564. The van der Waals surface area contributed by atoms with Crippen molar-refractivity contribution in [3.8, 4) is 11.5 Å². The van der Waals surface area contributed by atoms with Crippen LogP contribution in [-0.4, -0.2) is 73.9 Å². The number of aryl methyl sites for hydroxylation is 1. The summed E-state index contributed by atoms with van der Waals surface area (Å²) in [5.41, 5.74) is 3.05. The maximum Gasteiger partial charge on any atom is 0.254 e. The number of hydrogen-bond donors (Lipinski definition) is 1. The number of ether oxygens (including phenoxy) is 2. The summed E-state index contributed by atoms with van der Waals surface area (Å²) in [6.07, 6.45) is 4.31. The molecular formula is C31H38N2O4. The summed E-state index contributed by atoms with van der Waals surface area (Å²) in [6.45, 7) is 4.11. The Morgan fingerprint density at radius 1 is 1.03 bits per heavy atom. The fourth-order valence-electron chi connectivity index (χ4n) is 6.03. The van der Waals surface area contributed by atoms with Gasteiger partial charge in [-0.2, -0.15) is 0 Å². The van der Waals surface area contributed by atoms with Crippen molar-refractivity contribution in [3.05, 3.63) is 71.3 Å². The lowest BCUT2D eigenvalue weighted by Gasteiger charge is -2.38. The highest BCUT2D eigenvalue weighted by molar-refractivity contribution is 5.97. The van der Waals surface area contributed by atoms with Crippen LogP contribution < -0.4 is 9.47 Å². The van der Waals surface area contributed by atoms with Crippen molar-refractivity contribution in [2.75, 3.05) is 46.9 Å². The van der Waals surface area contributed by atoms with Crippen molar-refractivity contribution in [1.29, 1.82) is 0 Å². The Bertz CT molecular complexity index is 1240. The van der Waals surface area contributed by atoms with Crippen LogP contribution in [-0.2, 0) is 12.8 Å². The molecule has 1 saturated heterocycles. The van der Waals surface area contributed by atoms with Gasteiger partial charge in [-0.25, -0.2) is 0 Å². The molecule has 3 aromatic carbocycles. The number of aliphatic hydroxyl groups excluding tert-OH is 1. The highest BCUT2D eigenvalue weighted by Gasteiger charge is 2.30. The van der Waals surface area contributed by atoms with E-state index in [9.17, 15) is 9.90 Å². The topological polar surface area (TPSA) is 62.2 Å². The zero-order valence-corrected chi connectivity index (χ0v) is 22.0. The number of fused-ring (bicyclic) bond motifs is 2. The molecular weight excluding hydrogens is 464 g/mol. The van der Waals surface area contributed by atoms with Gasteiger partial charge in [0, 0.05) is 31.7 Å². The van der Waals surface area contributed by atoms with Crippen molar-refractivity contribution < 1.29 is 19.4 Å². The van der Waals surface area contributed by atoms with Crippen molar-refractivity contribution in [1.82, 2.24) is 9.80 Å². The number of hydrogen-bond acceptors (Lipinski definition) is 5. The average molecular weight is 503 g/mol. The van der Waals surface area contributed by atoms with Gasteiger partial charge in [0.15, 0.2) is 11.5 Å². The minimum Gasteiger partial charge on any atom is -0.493 e. The van der Waals surface area contributed by atoms with E-state index in [4.69, 9.17) is 9.47 Å². The summed E-state index contributed by atoms with van der Waals surface area (Å²) in [5.74, 6) is 1.77. The first kappa shape index (κ1) is 25.6. The molecule has 0 radical (unpaired) electrons. The van der Waals surface area contributed by atoms with Crippen LogP contribution in [0, 0.1) is 5.92 Å².